The van der Waals surface area contributed by atoms with Crippen LogP contribution in [-0.2, 0) is 22.6 Å². The topological polar surface area (TPSA) is 49.4 Å². The van der Waals surface area contributed by atoms with Crippen LogP contribution >= 0.6 is 0 Å². The second-order valence-electron chi connectivity index (χ2n) is 7.08. The highest BCUT2D eigenvalue weighted by atomic mass is 16.2. The second-order valence-corrected chi connectivity index (χ2v) is 7.08. The molecule has 0 heterocycles. The van der Waals surface area contributed by atoms with Crippen LogP contribution in [0.5, 0.6) is 0 Å². The summed E-state index contributed by atoms with van der Waals surface area (Å²) in [6.07, 6.45) is 0.866. The van der Waals surface area contributed by atoms with Gasteiger partial charge in [-0.2, -0.15) is 0 Å². The lowest BCUT2D eigenvalue weighted by Gasteiger charge is -2.31. The van der Waals surface area contributed by atoms with Crippen LogP contribution in [0.25, 0.3) is 0 Å². The van der Waals surface area contributed by atoms with E-state index < -0.39 is 6.04 Å². The lowest BCUT2D eigenvalue weighted by atomic mass is 10.0. The molecule has 0 aliphatic rings. The fourth-order valence-electron chi connectivity index (χ4n) is 3.25. The first kappa shape index (κ1) is 20.7. The summed E-state index contributed by atoms with van der Waals surface area (Å²) < 4.78 is 0. The van der Waals surface area contributed by atoms with Crippen molar-refractivity contribution >= 4 is 11.8 Å². The van der Waals surface area contributed by atoms with Crippen molar-refractivity contribution in [3.63, 3.8) is 0 Å². The van der Waals surface area contributed by atoms with Gasteiger partial charge < -0.3 is 10.2 Å². The zero-order valence-electron chi connectivity index (χ0n) is 17.0. The third-order valence-electron chi connectivity index (χ3n) is 5.16. The third kappa shape index (κ3) is 5.19. The third-order valence-corrected chi connectivity index (χ3v) is 5.16. The molecular weight excluding hydrogens is 336 g/mol. The Bertz CT molecular complexity index is 814. The fraction of sp³-hybridized carbons (Fsp3) is 0.391. The lowest BCUT2D eigenvalue weighted by molar-refractivity contribution is -0.140. The molecule has 0 fully saturated rings. The van der Waals surface area contributed by atoms with Gasteiger partial charge in [-0.15, -0.1) is 0 Å². The molecule has 0 bridgehead atoms. The number of benzene rings is 2. The number of carbonyl (C=O) groups is 2. The van der Waals surface area contributed by atoms with E-state index in [1.54, 1.807) is 11.9 Å². The van der Waals surface area contributed by atoms with Gasteiger partial charge in [-0.25, -0.2) is 0 Å². The van der Waals surface area contributed by atoms with Gasteiger partial charge in [0.1, 0.15) is 6.04 Å². The minimum Gasteiger partial charge on any atom is -0.357 e. The van der Waals surface area contributed by atoms with Crippen LogP contribution in [0.2, 0.25) is 0 Å². The Morgan fingerprint density at radius 3 is 2.30 bits per heavy atom. The lowest BCUT2D eigenvalue weighted by Crippen LogP contribution is -2.48. The van der Waals surface area contributed by atoms with Gasteiger partial charge in [-0.3, -0.25) is 9.59 Å². The molecule has 0 aliphatic heterocycles. The van der Waals surface area contributed by atoms with Crippen molar-refractivity contribution in [1.82, 2.24) is 10.2 Å². The van der Waals surface area contributed by atoms with Crippen molar-refractivity contribution in [3.05, 3.63) is 70.3 Å². The first-order valence-corrected chi connectivity index (χ1v) is 9.49. The molecule has 2 aromatic carbocycles. The van der Waals surface area contributed by atoms with Crippen LogP contribution in [0.4, 0.5) is 0 Å². The summed E-state index contributed by atoms with van der Waals surface area (Å²) in [5.74, 6) is -0.156. The highest BCUT2D eigenvalue weighted by Crippen LogP contribution is 2.18. The zero-order chi connectivity index (χ0) is 20.0. The summed E-state index contributed by atoms with van der Waals surface area (Å²) in [6, 6.07) is 13.6. The Labute approximate surface area is 162 Å². The number of hydrogen-bond donors (Lipinski definition) is 1. The first-order chi connectivity index (χ1) is 12.9. The Kier molecular flexibility index (Phi) is 7.17. The average Bonchev–Trinajstić information content (AvgIpc) is 2.65. The minimum absolute atomic E-state index is 0.0306. The standard InChI is InChI=1S/C23H30N2O2/c1-6-21(23(27)24-5)25(15-20-10-8-7-9-17(20)3)22(26)14-19-12-11-16(2)18(4)13-19/h7-13,21H,6,14-15H2,1-5H3,(H,24,27)/t21-/m1/s1. The quantitative estimate of drug-likeness (QED) is 0.812. The second kappa shape index (κ2) is 9.36. The van der Waals surface area contributed by atoms with E-state index in [1.807, 2.05) is 57.2 Å². The van der Waals surface area contributed by atoms with E-state index in [4.69, 9.17) is 0 Å². The summed E-state index contributed by atoms with van der Waals surface area (Å²) in [7, 11) is 1.62. The molecule has 1 atom stereocenters. The van der Waals surface area contributed by atoms with Crippen molar-refractivity contribution < 1.29 is 9.59 Å². The maximum absolute atomic E-state index is 13.2. The van der Waals surface area contributed by atoms with Crippen LogP contribution in [-0.4, -0.2) is 29.8 Å². The van der Waals surface area contributed by atoms with Crippen LogP contribution in [0.1, 0.15) is 41.2 Å². The number of carbonyl (C=O) groups excluding carboxylic acids is 2. The molecule has 0 saturated heterocycles. The number of nitrogens with zero attached hydrogens (tertiary/aromatic N) is 1. The highest BCUT2D eigenvalue weighted by molar-refractivity contribution is 5.88. The van der Waals surface area contributed by atoms with E-state index in [0.717, 1.165) is 16.7 Å². The number of hydrogen-bond acceptors (Lipinski definition) is 2. The highest BCUT2D eigenvalue weighted by Gasteiger charge is 2.28. The van der Waals surface area contributed by atoms with E-state index in [1.165, 1.54) is 11.1 Å². The zero-order valence-corrected chi connectivity index (χ0v) is 17.0. The molecule has 0 unspecified atom stereocenters. The number of likely N-dealkylation sites (N-methyl/N-ethyl adjacent to an activating group) is 1. The van der Waals surface area contributed by atoms with Crippen LogP contribution in [0.3, 0.4) is 0 Å². The van der Waals surface area contributed by atoms with E-state index in [-0.39, 0.29) is 11.8 Å². The molecule has 0 saturated carbocycles. The molecule has 2 amide bonds. The summed E-state index contributed by atoms with van der Waals surface area (Å²) in [6.45, 7) is 8.51. The fourth-order valence-corrected chi connectivity index (χ4v) is 3.25. The number of amides is 2. The van der Waals surface area contributed by atoms with Crippen molar-refractivity contribution in [2.45, 2.75) is 53.1 Å². The molecule has 4 nitrogen and oxygen atoms in total. The summed E-state index contributed by atoms with van der Waals surface area (Å²) in [4.78, 5) is 27.3. The molecule has 0 aromatic heterocycles. The molecule has 0 aliphatic carbocycles. The van der Waals surface area contributed by atoms with Crippen molar-refractivity contribution in [2.75, 3.05) is 7.05 Å². The van der Waals surface area contributed by atoms with Gasteiger partial charge in [0.05, 0.1) is 6.42 Å². The van der Waals surface area contributed by atoms with Gasteiger partial charge in [0, 0.05) is 13.6 Å². The van der Waals surface area contributed by atoms with Crippen molar-refractivity contribution in [3.8, 4) is 0 Å². The molecule has 27 heavy (non-hydrogen) atoms. The molecular formula is C23H30N2O2. The Balaban J connectivity index is 2.32. The number of rotatable bonds is 7. The van der Waals surface area contributed by atoms with Crippen LogP contribution in [0, 0.1) is 20.8 Å². The monoisotopic (exact) mass is 366 g/mol. The van der Waals surface area contributed by atoms with Crippen LogP contribution in [0.15, 0.2) is 42.5 Å². The van der Waals surface area contributed by atoms with Gasteiger partial charge in [0.2, 0.25) is 11.8 Å². The molecule has 144 valence electrons. The van der Waals surface area contributed by atoms with E-state index in [9.17, 15) is 9.59 Å². The Hall–Kier alpha value is -2.62. The number of nitrogens with one attached hydrogen (secondary N) is 1. The Morgan fingerprint density at radius 2 is 1.70 bits per heavy atom. The van der Waals surface area contributed by atoms with Gasteiger partial charge in [-0.1, -0.05) is 49.4 Å². The van der Waals surface area contributed by atoms with Crippen LogP contribution < -0.4 is 5.32 Å². The Morgan fingerprint density at radius 1 is 1.00 bits per heavy atom. The molecule has 0 radical (unpaired) electrons. The van der Waals surface area contributed by atoms with E-state index in [0.29, 0.717) is 19.4 Å². The molecule has 4 heteroatoms. The normalized spacial score (nSPS) is 11.7. The van der Waals surface area contributed by atoms with Crippen molar-refractivity contribution in [1.29, 1.82) is 0 Å². The smallest absolute Gasteiger partial charge is 0.242 e. The molecule has 1 N–H and O–H groups in total. The predicted molar refractivity (Wildman–Crippen MR) is 109 cm³/mol. The molecule has 2 rings (SSSR count). The minimum atomic E-state index is -0.478. The number of aryl methyl sites for hydroxylation is 3. The molecule has 0 spiro atoms. The average molecular weight is 367 g/mol. The SMILES string of the molecule is CC[C@H](C(=O)NC)N(Cc1ccccc1C)C(=O)Cc1ccc(C)c(C)c1. The summed E-state index contributed by atoms with van der Waals surface area (Å²) in [5.41, 5.74) is 5.54. The van der Waals surface area contributed by atoms with Gasteiger partial charge in [-0.05, 0) is 55.0 Å². The van der Waals surface area contributed by atoms with Crippen molar-refractivity contribution in [2.24, 2.45) is 0 Å². The van der Waals surface area contributed by atoms with E-state index >= 15 is 0 Å². The van der Waals surface area contributed by atoms with Gasteiger partial charge in [0.15, 0.2) is 0 Å². The molecule has 2 aromatic rings. The maximum atomic E-state index is 13.2. The van der Waals surface area contributed by atoms with Gasteiger partial charge in [0.25, 0.3) is 0 Å². The van der Waals surface area contributed by atoms with Gasteiger partial charge >= 0.3 is 0 Å². The summed E-state index contributed by atoms with van der Waals surface area (Å²) in [5, 5.41) is 2.70. The largest absolute Gasteiger partial charge is 0.357 e. The maximum Gasteiger partial charge on any atom is 0.242 e. The predicted octanol–water partition coefficient (Wildman–Crippen LogP) is 3.71. The summed E-state index contributed by atoms with van der Waals surface area (Å²) >= 11 is 0. The van der Waals surface area contributed by atoms with E-state index in [2.05, 4.69) is 18.3 Å². The first-order valence-electron chi connectivity index (χ1n) is 9.49.